The van der Waals surface area contributed by atoms with Crippen LogP contribution in [0.4, 0.5) is 0 Å². The summed E-state index contributed by atoms with van der Waals surface area (Å²) in [6.45, 7) is 22.5. The van der Waals surface area contributed by atoms with Crippen LogP contribution in [0.3, 0.4) is 0 Å². The molecule has 0 saturated carbocycles. The zero-order valence-electron chi connectivity index (χ0n) is 32.1. The molecular weight excluding hydrogens is 648 g/mol. The van der Waals surface area contributed by atoms with Crippen LogP contribution in [0.2, 0.25) is 0 Å². The minimum absolute atomic E-state index is 0.115. The summed E-state index contributed by atoms with van der Waals surface area (Å²) in [7, 11) is 0. The van der Waals surface area contributed by atoms with Gasteiger partial charge in [-0.15, -0.1) is 6.58 Å². The fourth-order valence-electron chi connectivity index (χ4n) is 8.32. The molecule has 12 heteroatoms. The van der Waals surface area contributed by atoms with E-state index >= 15 is 0 Å². The Bertz CT molecular complexity index is 1150. The molecule has 3 saturated heterocycles. The molecule has 50 heavy (non-hydrogen) atoms. The van der Waals surface area contributed by atoms with Gasteiger partial charge in [0, 0.05) is 24.2 Å². The molecule has 17 atom stereocenters. The summed E-state index contributed by atoms with van der Waals surface area (Å²) in [5.41, 5.74) is -4.37. The van der Waals surface area contributed by atoms with Crippen LogP contribution in [0.5, 0.6) is 0 Å². The Hall–Kier alpha value is -1.48. The van der Waals surface area contributed by atoms with Crippen molar-refractivity contribution in [3.63, 3.8) is 0 Å². The van der Waals surface area contributed by atoms with Gasteiger partial charge in [0.25, 0.3) is 0 Å². The van der Waals surface area contributed by atoms with Gasteiger partial charge in [-0.1, -0.05) is 47.6 Å². The molecule has 0 aliphatic carbocycles. The number of Topliss-reactive ketones (excluding diaryl/α,β-unsaturated/α-hetero) is 1. The van der Waals surface area contributed by atoms with Gasteiger partial charge in [0.15, 0.2) is 12.6 Å². The van der Waals surface area contributed by atoms with Gasteiger partial charge in [-0.3, -0.25) is 9.59 Å². The van der Waals surface area contributed by atoms with Gasteiger partial charge in [0.05, 0.1) is 48.1 Å². The second kappa shape index (κ2) is 16.7. The van der Waals surface area contributed by atoms with Crippen molar-refractivity contribution in [2.75, 3.05) is 0 Å². The summed E-state index contributed by atoms with van der Waals surface area (Å²) < 4.78 is 31.4. The molecule has 0 aromatic heterocycles. The normalized spacial score (nSPS) is 48.4. The molecule has 3 heterocycles. The van der Waals surface area contributed by atoms with E-state index in [-0.39, 0.29) is 31.3 Å². The highest BCUT2D eigenvalue weighted by atomic mass is 16.7. The van der Waals surface area contributed by atoms with Crippen LogP contribution < -0.4 is 0 Å². The fourth-order valence-corrected chi connectivity index (χ4v) is 8.32. The first kappa shape index (κ1) is 42.9. The quantitative estimate of drug-likeness (QED) is 0.191. The van der Waals surface area contributed by atoms with Gasteiger partial charge in [0.2, 0.25) is 0 Å². The second-order valence-corrected chi connectivity index (χ2v) is 16.8. The molecule has 3 aliphatic heterocycles. The Morgan fingerprint density at radius 3 is 2.08 bits per heavy atom. The first-order valence-electron chi connectivity index (χ1n) is 18.4. The maximum Gasteiger partial charge on any atom is 0.311 e. The van der Waals surface area contributed by atoms with Crippen LogP contribution in [-0.2, 0) is 33.3 Å². The van der Waals surface area contributed by atoms with Crippen molar-refractivity contribution >= 4 is 11.8 Å². The number of esters is 1. The lowest BCUT2D eigenvalue weighted by Gasteiger charge is -2.48. The van der Waals surface area contributed by atoms with E-state index < -0.39 is 107 Å². The first-order chi connectivity index (χ1) is 23.0. The Labute approximate surface area is 298 Å². The lowest BCUT2D eigenvalue weighted by molar-refractivity contribution is -0.312. The number of hydrogen-bond acceptors (Lipinski definition) is 12. The summed E-state index contributed by atoms with van der Waals surface area (Å²) in [5.74, 6) is -5.04. The minimum Gasteiger partial charge on any atom is -0.459 e. The Morgan fingerprint density at radius 2 is 1.50 bits per heavy atom. The van der Waals surface area contributed by atoms with E-state index in [9.17, 15) is 35.1 Å². The summed E-state index contributed by atoms with van der Waals surface area (Å²) in [6.07, 6.45) is -6.74. The van der Waals surface area contributed by atoms with Crippen molar-refractivity contribution in [2.24, 2.45) is 35.0 Å². The molecule has 290 valence electrons. The van der Waals surface area contributed by atoms with Crippen LogP contribution in [0.25, 0.3) is 0 Å². The van der Waals surface area contributed by atoms with Crippen molar-refractivity contribution in [1.29, 1.82) is 0 Å². The number of hydrogen-bond donors (Lipinski definition) is 5. The maximum absolute atomic E-state index is 14.2. The number of aliphatic hydroxyl groups is 5. The Kier molecular flexibility index (Phi) is 14.3. The van der Waals surface area contributed by atoms with Crippen molar-refractivity contribution in [3.05, 3.63) is 12.7 Å². The molecule has 5 N–H and O–H groups in total. The summed E-state index contributed by atoms with van der Waals surface area (Å²) >= 11 is 0. The van der Waals surface area contributed by atoms with Crippen molar-refractivity contribution < 1.29 is 58.8 Å². The molecule has 0 amide bonds. The molecule has 3 rings (SSSR count). The molecule has 0 radical (unpaired) electrons. The van der Waals surface area contributed by atoms with E-state index in [2.05, 4.69) is 6.58 Å². The zero-order chi connectivity index (χ0) is 38.1. The van der Waals surface area contributed by atoms with E-state index in [0.717, 1.165) is 0 Å². The molecule has 3 fully saturated rings. The van der Waals surface area contributed by atoms with Crippen LogP contribution >= 0.6 is 0 Å². The SMILES string of the molecule is C=CCC[C@H]1OC(=O)[C@H](C)[C@@H](OC2CC(C)(C)C(O)C(C)O2)[C@H](C)[C@@H](OC2OC(C)CC(C)C2O)[C@](C)(O)C[C@@H](C)C(=O)C(C)[C@@H](O)[C@]1(C)O. The van der Waals surface area contributed by atoms with E-state index in [1.807, 2.05) is 27.7 Å². The predicted octanol–water partition coefficient (Wildman–Crippen LogP) is 3.67. The van der Waals surface area contributed by atoms with Crippen molar-refractivity contribution in [2.45, 2.75) is 181 Å². The molecule has 0 spiro atoms. The number of carbonyl (C=O) groups excluding carboxylic acids is 2. The molecule has 3 aliphatic rings. The van der Waals surface area contributed by atoms with E-state index in [1.165, 1.54) is 20.8 Å². The fraction of sp³-hybridized carbons (Fsp3) is 0.895. The van der Waals surface area contributed by atoms with Gasteiger partial charge in [0.1, 0.15) is 23.6 Å². The minimum atomic E-state index is -2.02. The van der Waals surface area contributed by atoms with Crippen molar-refractivity contribution in [3.8, 4) is 0 Å². The summed E-state index contributed by atoms with van der Waals surface area (Å²) in [6, 6.07) is 0. The van der Waals surface area contributed by atoms with Crippen LogP contribution in [0, 0.1) is 35.0 Å². The molecular formula is C38H66O12. The molecule has 0 aromatic carbocycles. The predicted molar refractivity (Wildman–Crippen MR) is 185 cm³/mol. The first-order valence-corrected chi connectivity index (χ1v) is 18.4. The van der Waals surface area contributed by atoms with Crippen LogP contribution in [0.1, 0.15) is 108 Å². The second-order valence-electron chi connectivity index (χ2n) is 16.8. The van der Waals surface area contributed by atoms with E-state index in [0.29, 0.717) is 12.8 Å². The van der Waals surface area contributed by atoms with E-state index in [1.54, 1.807) is 33.8 Å². The zero-order valence-corrected chi connectivity index (χ0v) is 32.1. The number of carbonyl (C=O) groups is 2. The number of allylic oxidation sites excluding steroid dienone is 1. The summed E-state index contributed by atoms with van der Waals surface area (Å²) in [5, 5.41) is 57.4. The largest absolute Gasteiger partial charge is 0.459 e. The molecule has 8 unspecified atom stereocenters. The standard InChI is InChI=1S/C38H66O12/c1-13-14-15-26-38(12,45)31(41)22(5)28(39)20(3)17-37(11,44)33(50-35-29(40)19(2)16-21(4)46-35)23(6)30(24(7)34(43)48-26)49-27-18-36(9,10)32(42)25(8)47-27/h13,19-27,29-33,35,40-42,44-45H,1,14-18H2,2-12H3/t19?,20-,21?,22?,23+,24-,25?,26-,27?,29?,30+,31-,32?,33-,35?,37-,38-/m1/s1. The topological polar surface area (TPSA) is 181 Å². The van der Waals surface area contributed by atoms with Gasteiger partial charge in [-0.05, 0) is 71.6 Å². The highest BCUT2D eigenvalue weighted by Gasteiger charge is 2.52. The average molecular weight is 715 g/mol. The smallest absolute Gasteiger partial charge is 0.311 e. The molecule has 0 bridgehead atoms. The number of rotatable bonds is 7. The monoisotopic (exact) mass is 714 g/mol. The third-order valence-corrected chi connectivity index (χ3v) is 11.6. The Balaban J connectivity index is 2.18. The third kappa shape index (κ3) is 9.54. The van der Waals surface area contributed by atoms with Gasteiger partial charge < -0.3 is 49.2 Å². The van der Waals surface area contributed by atoms with Crippen molar-refractivity contribution in [1.82, 2.24) is 0 Å². The Morgan fingerprint density at radius 1 is 0.880 bits per heavy atom. The van der Waals surface area contributed by atoms with Gasteiger partial charge in [-0.25, -0.2) is 0 Å². The molecule has 12 nitrogen and oxygen atoms in total. The number of ketones is 1. The van der Waals surface area contributed by atoms with E-state index in [4.69, 9.17) is 23.7 Å². The third-order valence-electron chi connectivity index (χ3n) is 11.6. The summed E-state index contributed by atoms with van der Waals surface area (Å²) in [4.78, 5) is 28.0. The van der Waals surface area contributed by atoms with Crippen LogP contribution in [-0.4, -0.2) is 110 Å². The van der Waals surface area contributed by atoms with Gasteiger partial charge >= 0.3 is 5.97 Å². The number of aliphatic hydroxyl groups excluding tert-OH is 3. The lowest BCUT2D eigenvalue weighted by Crippen LogP contribution is -2.59. The van der Waals surface area contributed by atoms with Crippen LogP contribution in [0.15, 0.2) is 12.7 Å². The average Bonchev–Trinajstić information content (AvgIpc) is 3.02. The van der Waals surface area contributed by atoms with Gasteiger partial charge in [-0.2, -0.15) is 0 Å². The highest BCUT2D eigenvalue weighted by molar-refractivity contribution is 5.83. The maximum atomic E-state index is 14.2. The number of cyclic esters (lactones) is 1. The molecule has 0 aromatic rings. The highest BCUT2D eigenvalue weighted by Crippen LogP contribution is 2.42. The lowest BCUT2D eigenvalue weighted by atomic mass is 9.73. The number of ether oxygens (including phenoxy) is 5.